The number of nitrogens with zero attached hydrogens (tertiary/aromatic N) is 1. The van der Waals surface area contributed by atoms with Crippen molar-refractivity contribution >= 4 is 11.7 Å². The van der Waals surface area contributed by atoms with Crippen molar-refractivity contribution in [2.24, 2.45) is 5.92 Å². The normalized spacial score (nSPS) is 25.9. The SMILES string of the molecule is CC1(C)C(=O)NCCN1C(=N)C1CC1. The van der Waals surface area contributed by atoms with E-state index in [-0.39, 0.29) is 5.91 Å². The van der Waals surface area contributed by atoms with Gasteiger partial charge in [0.1, 0.15) is 5.54 Å². The highest BCUT2D eigenvalue weighted by Crippen LogP contribution is 2.34. The van der Waals surface area contributed by atoms with Crippen LogP contribution in [0, 0.1) is 11.3 Å². The van der Waals surface area contributed by atoms with Crippen LogP contribution in [0.3, 0.4) is 0 Å². The van der Waals surface area contributed by atoms with Gasteiger partial charge >= 0.3 is 0 Å². The van der Waals surface area contributed by atoms with Crippen LogP contribution in [-0.2, 0) is 4.79 Å². The minimum Gasteiger partial charge on any atom is -0.352 e. The summed E-state index contributed by atoms with van der Waals surface area (Å²) >= 11 is 0. The molecular formula is C10H17N3O. The summed E-state index contributed by atoms with van der Waals surface area (Å²) in [5.41, 5.74) is -0.544. The molecular weight excluding hydrogens is 178 g/mol. The van der Waals surface area contributed by atoms with Gasteiger partial charge in [-0.2, -0.15) is 0 Å². The van der Waals surface area contributed by atoms with Crippen LogP contribution in [-0.4, -0.2) is 35.3 Å². The lowest BCUT2D eigenvalue weighted by Gasteiger charge is -2.42. The number of rotatable bonds is 1. The average molecular weight is 195 g/mol. The molecule has 2 rings (SSSR count). The summed E-state index contributed by atoms with van der Waals surface area (Å²) < 4.78 is 0. The third-order valence-electron chi connectivity index (χ3n) is 3.11. The summed E-state index contributed by atoms with van der Waals surface area (Å²) in [5, 5.41) is 10.8. The molecule has 2 fully saturated rings. The highest BCUT2D eigenvalue weighted by atomic mass is 16.2. The van der Waals surface area contributed by atoms with Gasteiger partial charge in [-0.25, -0.2) is 0 Å². The van der Waals surface area contributed by atoms with Gasteiger partial charge in [0, 0.05) is 19.0 Å². The predicted molar refractivity (Wildman–Crippen MR) is 54.2 cm³/mol. The lowest BCUT2D eigenvalue weighted by atomic mass is 9.98. The fourth-order valence-corrected chi connectivity index (χ4v) is 1.90. The van der Waals surface area contributed by atoms with Gasteiger partial charge in [0.15, 0.2) is 0 Å². The highest BCUT2D eigenvalue weighted by molar-refractivity contribution is 5.94. The molecule has 2 aliphatic rings. The van der Waals surface area contributed by atoms with Crippen LogP contribution >= 0.6 is 0 Å². The van der Waals surface area contributed by atoms with E-state index in [1.807, 2.05) is 18.7 Å². The number of hydrogen-bond acceptors (Lipinski definition) is 2. The zero-order valence-corrected chi connectivity index (χ0v) is 8.76. The maximum atomic E-state index is 11.6. The predicted octanol–water partition coefficient (Wildman–Crippen LogP) is 0.584. The standard InChI is InChI=1S/C10H17N3O/c1-10(2)9(14)12-5-6-13(10)8(11)7-3-4-7/h7,11H,3-6H2,1-2H3,(H,12,14). The lowest BCUT2D eigenvalue weighted by molar-refractivity contribution is -0.132. The molecule has 4 heteroatoms. The van der Waals surface area contributed by atoms with Gasteiger partial charge in [-0.15, -0.1) is 0 Å². The number of amides is 1. The summed E-state index contributed by atoms with van der Waals surface area (Å²) in [6.07, 6.45) is 2.24. The Balaban J connectivity index is 2.15. The van der Waals surface area contributed by atoms with Crippen LogP contribution in [0.2, 0.25) is 0 Å². The zero-order chi connectivity index (χ0) is 10.3. The van der Waals surface area contributed by atoms with Crippen molar-refractivity contribution < 1.29 is 4.79 Å². The molecule has 0 aromatic heterocycles. The Labute approximate surface area is 84.2 Å². The largest absolute Gasteiger partial charge is 0.352 e. The van der Waals surface area contributed by atoms with Crippen LogP contribution in [0.25, 0.3) is 0 Å². The molecule has 0 aromatic carbocycles. The monoisotopic (exact) mass is 195 g/mol. The Morgan fingerprint density at radius 3 is 2.79 bits per heavy atom. The zero-order valence-electron chi connectivity index (χ0n) is 8.76. The fraction of sp³-hybridized carbons (Fsp3) is 0.800. The Bertz CT molecular complexity index is 281. The molecule has 1 heterocycles. The van der Waals surface area contributed by atoms with E-state index in [1.165, 1.54) is 0 Å². The van der Waals surface area contributed by atoms with Crippen molar-refractivity contribution in [2.45, 2.75) is 32.2 Å². The first-order chi connectivity index (χ1) is 6.53. The van der Waals surface area contributed by atoms with Crippen molar-refractivity contribution in [2.75, 3.05) is 13.1 Å². The molecule has 2 N–H and O–H groups in total. The first kappa shape index (κ1) is 9.49. The quantitative estimate of drug-likeness (QED) is 0.475. The van der Waals surface area contributed by atoms with Gasteiger partial charge in [0.05, 0.1) is 5.84 Å². The van der Waals surface area contributed by atoms with Crippen molar-refractivity contribution in [3.63, 3.8) is 0 Å². The average Bonchev–Trinajstić information content (AvgIpc) is 2.91. The minimum atomic E-state index is -0.544. The topological polar surface area (TPSA) is 56.2 Å². The minimum absolute atomic E-state index is 0.0363. The number of hydrogen-bond donors (Lipinski definition) is 2. The van der Waals surface area contributed by atoms with Crippen molar-refractivity contribution in [3.05, 3.63) is 0 Å². The molecule has 78 valence electrons. The molecule has 0 unspecified atom stereocenters. The molecule has 0 radical (unpaired) electrons. The van der Waals surface area contributed by atoms with Crippen LogP contribution in [0.1, 0.15) is 26.7 Å². The maximum absolute atomic E-state index is 11.6. The van der Waals surface area contributed by atoms with Gasteiger partial charge in [0.25, 0.3) is 0 Å². The van der Waals surface area contributed by atoms with E-state index in [4.69, 9.17) is 5.41 Å². The van der Waals surface area contributed by atoms with E-state index in [0.717, 1.165) is 19.4 Å². The van der Waals surface area contributed by atoms with Crippen molar-refractivity contribution in [3.8, 4) is 0 Å². The number of amidine groups is 1. The Morgan fingerprint density at radius 2 is 2.21 bits per heavy atom. The second-order valence-electron chi connectivity index (χ2n) is 4.63. The summed E-state index contributed by atoms with van der Waals surface area (Å²) in [5.74, 6) is 1.11. The second kappa shape index (κ2) is 2.97. The summed E-state index contributed by atoms with van der Waals surface area (Å²) in [4.78, 5) is 13.6. The van der Waals surface area contributed by atoms with E-state index in [0.29, 0.717) is 18.3 Å². The summed E-state index contributed by atoms with van der Waals surface area (Å²) in [7, 11) is 0. The molecule has 1 aliphatic carbocycles. The van der Waals surface area contributed by atoms with E-state index >= 15 is 0 Å². The third-order valence-corrected chi connectivity index (χ3v) is 3.11. The maximum Gasteiger partial charge on any atom is 0.245 e. The van der Waals surface area contributed by atoms with Crippen LogP contribution in [0.4, 0.5) is 0 Å². The van der Waals surface area contributed by atoms with Crippen LogP contribution in [0.5, 0.6) is 0 Å². The molecule has 1 aliphatic heterocycles. The Morgan fingerprint density at radius 1 is 1.57 bits per heavy atom. The van der Waals surface area contributed by atoms with Gasteiger partial charge < -0.3 is 10.2 Å². The lowest BCUT2D eigenvalue weighted by Crippen LogP contribution is -2.63. The van der Waals surface area contributed by atoms with E-state index in [2.05, 4.69) is 5.32 Å². The molecule has 1 amide bonds. The number of nitrogens with one attached hydrogen (secondary N) is 2. The molecule has 4 nitrogen and oxygen atoms in total. The Kier molecular flexibility index (Phi) is 2.01. The van der Waals surface area contributed by atoms with Gasteiger partial charge in [-0.1, -0.05) is 0 Å². The molecule has 1 saturated heterocycles. The molecule has 0 spiro atoms. The van der Waals surface area contributed by atoms with Crippen LogP contribution in [0.15, 0.2) is 0 Å². The highest BCUT2D eigenvalue weighted by Gasteiger charge is 2.42. The first-order valence-electron chi connectivity index (χ1n) is 5.18. The number of carbonyl (C=O) groups excluding carboxylic acids is 1. The van der Waals surface area contributed by atoms with Gasteiger partial charge in [0.2, 0.25) is 5.91 Å². The first-order valence-corrected chi connectivity index (χ1v) is 5.18. The molecule has 0 atom stereocenters. The Hall–Kier alpha value is -1.06. The van der Waals surface area contributed by atoms with E-state index in [9.17, 15) is 4.79 Å². The van der Waals surface area contributed by atoms with Crippen molar-refractivity contribution in [1.82, 2.24) is 10.2 Å². The molecule has 14 heavy (non-hydrogen) atoms. The smallest absolute Gasteiger partial charge is 0.245 e. The number of piperazine rings is 1. The van der Waals surface area contributed by atoms with Crippen molar-refractivity contribution in [1.29, 1.82) is 5.41 Å². The van der Waals surface area contributed by atoms with E-state index in [1.54, 1.807) is 0 Å². The van der Waals surface area contributed by atoms with Crippen LogP contribution < -0.4 is 5.32 Å². The summed E-state index contributed by atoms with van der Waals surface area (Å²) in [6, 6.07) is 0. The number of carbonyl (C=O) groups is 1. The summed E-state index contributed by atoms with van der Waals surface area (Å²) in [6.45, 7) is 5.21. The molecule has 0 bridgehead atoms. The van der Waals surface area contributed by atoms with Gasteiger partial charge in [-0.05, 0) is 26.7 Å². The fourth-order valence-electron chi connectivity index (χ4n) is 1.90. The van der Waals surface area contributed by atoms with Gasteiger partial charge in [-0.3, -0.25) is 10.2 Å². The molecule has 0 aromatic rings. The van der Waals surface area contributed by atoms with E-state index < -0.39 is 5.54 Å². The second-order valence-corrected chi connectivity index (χ2v) is 4.63. The third kappa shape index (κ3) is 1.38. The molecule has 1 saturated carbocycles.